The van der Waals surface area contributed by atoms with Gasteiger partial charge in [0.1, 0.15) is 6.61 Å². The average molecular weight is 154 g/mol. The summed E-state index contributed by atoms with van der Waals surface area (Å²) in [6.45, 7) is 2.85. The van der Waals surface area contributed by atoms with Crippen molar-refractivity contribution in [1.29, 1.82) is 0 Å². The molecule has 2 nitrogen and oxygen atoms in total. The van der Waals surface area contributed by atoms with Crippen molar-refractivity contribution in [3.63, 3.8) is 0 Å². The first-order valence-electron chi connectivity index (χ1n) is 4.43. The van der Waals surface area contributed by atoms with Crippen LogP contribution in [0.1, 0.15) is 39.0 Å². The quantitative estimate of drug-likeness (QED) is 0.452. The summed E-state index contributed by atoms with van der Waals surface area (Å²) < 4.78 is 0. The van der Waals surface area contributed by atoms with Gasteiger partial charge in [-0.05, 0) is 38.5 Å². The minimum Gasteiger partial charge on any atom is -0.396 e. The molecular weight excluding hydrogens is 138 g/mol. The van der Waals surface area contributed by atoms with Crippen LogP contribution in [0, 0.1) is 6.42 Å². The van der Waals surface area contributed by atoms with Crippen LogP contribution in [0.3, 0.4) is 0 Å². The molecule has 0 spiro atoms. The third kappa shape index (κ3) is 3.40. The topological polar surface area (TPSA) is 21.6 Å². The minimum atomic E-state index is 0.757. The zero-order chi connectivity index (χ0) is 7.94. The highest BCUT2D eigenvalue weighted by molar-refractivity contribution is 5.84. The molecule has 1 aliphatic carbocycles. The molecule has 0 aromatic carbocycles. The van der Waals surface area contributed by atoms with E-state index in [0.29, 0.717) is 0 Å². The van der Waals surface area contributed by atoms with E-state index in [9.17, 15) is 0 Å². The molecule has 0 bridgehead atoms. The Hall–Kier alpha value is -0.530. The summed E-state index contributed by atoms with van der Waals surface area (Å²) in [6.07, 6.45) is 7.91. The first-order valence-corrected chi connectivity index (χ1v) is 4.43. The van der Waals surface area contributed by atoms with E-state index in [0.717, 1.165) is 25.9 Å². The Morgan fingerprint density at radius 2 is 2.18 bits per heavy atom. The summed E-state index contributed by atoms with van der Waals surface area (Å²) >= 11 is 0. The summed E-state index contributed by atoms with van der Waals surface area (Å²) in [4.78, 5) is 5.10. The van der Waals surface area contributed by atoms with Gasteiger partial charge in [0.25, 0.3) is 0 Å². The van der Waals surface area contributed by atoms with E-state index in [1.165, 1.54) is 18.6 Å². The van der Waals surface area contributed by atoms with E-state index in [1.807, 2.05) is 0 Å². The molecule has 1 aliphatic rings. The lowest BCUT2D eigenvalue weighted by atomic mass is 9.99. The molecule has 0 unspecified atom stereocenters. The molecule has 1 rings (SSSR count). The molecule has 0 aliphatic heterocycles. The predicted molar refractivity (Wildman–Crippen MR) is 46.4 cm³/mol. The molecule has 0 saturated heterocycles. The standard InChI is InChI=1S/C9H16NO/c1-2-8-11-10-9-6-4-3-5-7-9/h3H,2,4-8H2,1H3. The molecule has 11 heavy (non-hydrogen) atoms. The second-order valence-corrected chi connectivity index (χ2v) is 2.86. The molecule has 1 fully saturated rings. The highest BCUT2D eigenvalue weighted by atomic mass is 16.6. The van der Waals surface area contributed by atoms with Crippen LogP contribution in [-0.4, -0.2) is 12.3 Å². The third-order valence-corrected chi connectivity index (χ3v) is 1.76. The summed E-state index contributed by atoms with van der Waals surface area (Å²) in [5.41, 5.74) is 1.24. The second-order valence-electron chi connectivity index (χ2n) is 2.86. The highest BCUT2D eigenvalue weighted by Gasteiger charge is 2.06. The Balaban J connectivity index is 2.15. The minimum absolute atomic E-state index is 0.757. The van der Waals surface area contributed by atoms with Crippen LogP contribution in [0.15, 0.2) is 5.16 Å². The molecule has 1 saturated carbocycles. The molecule has 0 N–H and O–H groups in total. The van der Waals surface area contributed by atoms with Gasteiger partial charge in [0.2, 0.25) is 0 Å². The van der Waals surface area contributed by atoms with Gasteiger partial charge >= 0.3 is 0 Å². The Bertz CT molecular complexity index is 124. The van der Waals surface area contributed by atoms with E-state index < -0.39 is 0 Å². The maximum atomic E-state index is 5.10. The number of nitrogens with zero attached hydrogens (tertiary/aromatic N) is 1. The zero-order valence-corrected chi connectivity index (χ0v) is 7.18. The van der Waals surface area contributed by atoms with Gasteiger partial charge in [-0.3, -0.25) is 0 Å². The second kappa shape index (κ2) is 5.16. The van der Waals surface area contributed by atoms with Crippen molar-refractivity contribution in [1.82, 2.24) is 0 Å². The fraction of sp³-hybridized carbons (Fsp3) is 0.778. The van der Waals surface area contributed by atoms with Gasteiger partial charge in [-0.25, -0.2) is 0 Å². The number of hydrogen-bond donors (Lipinski definition) is 0. The van der Waals surface area contributed by atoms with Gasteiger partial charge in [-0.2, -0.15) is 0 Å². The van der Waals surface area contributed by atoms with Gasteiger partial charge in [0.15, 0.2) is 0 Å². The number of oxime groups is 1. The van der Waals surface area contributed by atoms with E-state index in [4.69, 9.17) is 4.84 Å². The van der Waals surface area contributed by atoms with E-state index in [1.54, 1.807) is 0 Å². The number of rotatable bonds is 3. The third-order valence-electron chi connectivity index (χ3n) is 1.76. The Morgan fingerprint density at radius 1 is 1.45 bits per heavy atom. The summed E-state index contributed by atoms with van der Waals surface area (Å²) in [5, 5.41) is 4.07. The first-order chi connectivity index (χ1) is 5.43. The first kappa shape index (κ1) is 8.57. The molecule has 2 heteroatoms. The van der Waals surface area contributed by atoms with E-state index in [2.05, 4.69) is 18.5 Å². The van der Waals surface area contributed by atoms with Gasteiger partial charge in [-0.15, -0.1) is 0 Å². The Kier molecular flexibility index (Phi) is 4.02. The van der Waals surface area contributed by atoms with Crippen molar-refractivity contribution in [2.24, 2.45) is 5.16 Å². The molecule has 0 heterocycles. The smallest absolute Gasteiger partial charge is 0.116 e. The largest absolute Gasteiger partial charge is 0.396 e. The summed E-state index contributed by atoms with van der Waals surface area (Å²) in [7, 11) is 0. The van der Waals surface area contributed by atoms with Crippen molar-refractivity contribution >= 4 is 5.71 Å². The van der Waals surface area contributed by atoms with Gasteiger partial charge < -0.3 is 4.84 Å². The maximum absolute atomic E-state index is 5.10. The van der Waals surface area contributed by atoms with Crippen molar-refractivity contribution in [3.05, 3.63) is 6.42 Å². The number of hydrogen-bond acceptors (Lipinski definition) is 2. The van der Waals surface area contributed by atoms with Crippen molar-refractivity contribution in [2.45, 2.75) is 39.0 Å². The van der Waals surface area contributed by atoms with E-state index in [-0.39, 0.29) is 0 Å². The fourth-order valence-corrected chi connectivity index (χ4v) is 1.13. The predicted octanol–water partition coefficient (Wildman–Crippen LogP) is 2.55. The molecular formula is C9H16NO. The van der Waals surface area contributed by atoms with Gasteiger partial charge in [-0.1, -0.05) is 12.1 Å². The molecule has 0 aromatic rings. The Morgan fingerprint density at radius 3 is 2.82 bits per heavy atom. The van der Waals surface area contributed by atoms with Crippen LogP contribution >= 0.6 is 0 Å². The lowest BCUT2D eigenvalue weighted by molar-refractivity contribution is 0.143. The lowest BCUT2D eigenvalue weighted by Gasteiger charge is -2.10. The average Bonchev–Trinajstić information content (AvgIpc) is 2.07. The SMILES string of the molecule is CCCON=C1CC[CH]CC1. The molecule has 0 aromatic heterocycles. The summed E-state index contributed by atoms with van der Waals surface area (Å²) in [6, 6.07) is 0. The molecule has 63 valence electrons. The fourth-order valence-electron chi connectivity index (χ4n) is 1.13. The van der Waals surface area contributed by atoms with E-state index >= 15 is 0 Å². The Labute approximate surface area is 68.6 Å². The molecule has 0 amide bonds. The van der Waals surface area contributed by atoms with Crippen LogP contribution < -0.4 is 0 Å². The monoisotopic (exact) mass is 154 g/mol. The van der Waals surface area contributed by atoms with Gasteiger partial charge in [0.05, 0.1) is 5.71 Å². The summed E-state index contributed by atoms with van der Waals surface area (Å²) in [5.74, 6) is 0. The van der Waals surface area contributed by atoms with Crippen LogP contribution in [0.2, 0.25) is 0 Å². The van der Waals surface area contributed by atoms with Crippen molar-refractivity contribution < 1.29 is 4.84 Å². The van der Waals surface area contributed by atoms with Crippen molar-refractivity contribution in [3.8, 4) is 0 Å². The van der Waals surface area contributed by atoms with Crippen LogP contribution in [0.5, 0.6) is 0 Å². The molecule has 0 atom stereocenters. The molecule has 1 radical (unpaired) electrons. The maximum Gasteiger partial charge on any atom is 0.116 e. The normalized spacial score (nSPS) is 18.1. The van der Waals surface area contributed by atoms with Crippen LogP contribution in [-0.2, 0) is 4.84 Å². The van der Waals surface area contributed by atoms with Crippen LogP contribution in [0.4, 0.5) is 0 Å². The van der Waals surface area contributed by atoms with Gasteiger partial charge in [0, 0.05) is 0 Å². The van der Waals surface area contributed by atoms with Crippen molar-refractivity contribution in [2.75, 3.05) is 6.61 Å². The lowest BCUT2D eigenvalue weighted by Crippen LogP contribution is -2.05. The highest BCUT2D eigenvalue weighted by Crippen LogP contribution is 2.13. The van der Waals surface area contributed by atoms with Crippen LogP contribution in [0.25, 0.3) is 0 Å². The zero-order valence-electron chi connectivity index (χ0n) is 7.18.